The molecule has 3 aromatic rings. The van der Waals surface area contributed by atoms with Crippen LogP contribution in [0.4, 0.5) is 0 Å². The highest BCUT2D eigenvalue weighted by molar-refractivity contribution is 5.84. The van der Waals surface area contributed by atoms with E-state index in [1.54, 1.807) is 12.1 Å². The van der Waals surface area contributed by atoms with Crippen LogP contribution in [0.5, 0.6) is 11.5 Å². The van der Waals surface area contributed by atoms with Gasteiger partial charge in [0.15, 0.2) is 11.5 Å². The molecule has 0 spiro atoms. The molecular formula is C17H14O4. The largest absolute Gasteiger partial charge is 0.504 e. The van der Waals surface area contributed by atoms with Gasteiger partial charge in [0.25, 0.3) is 0 Å². The van der Waals surface area contributed by atoms with Crippen LogP contribution < -0.4 is 10.4 Å². The Bertz CT molecular complexity index is 860. The predicted molar refractivity (Wildman–Crippen MR) is 80.9 cm³/mol. The Kier molecular flexibility index (Phi) is 3.14. The molecule has 21 heavy (non-hydrogen) atoms. The first kappa shape index (κ1) is 13.2. The van der Waals surface area contributed by atoms with E-state index >= 15 is 0 Å². The summed E-state index contributed by atoms with van der Waals surface area (Å²) in [6, 6.07) is 12.4. The van der Waals surface area contributed by atoms with Crippen molar-refractivity contribution >= 4 is 11.0 Å². The summed E-state index contributed by atoms with van der Waals surface area (Å²) in [5, 5.41) is 10.4. The van der Waals surface area contributed by atoms with Crippen molar-refractivity contribution in [2.75, 3.05) is 7.11 Å². The quantitative estimate of drug-likeness (QED) is 0.731. The molecule has 4 heteroatoms. The molecule has 1 N–H and O–H groups in total. The molecule has 0 aliphatic heterocycles. The Labute approximate surface area is 121 Å². The summed E-state index contributed by atoms with van der Waals surface area (Å²) in [6.45, 7) is 1.99. The van der Waals surface area contributed by atoms with Crippen LogP contribution in [0.25, 0.3) is 22.1 Å². The zero-order valence-electron chi connectivity index (χ0n) is 11.7. The third kappa shape index (κ3) is 2.36. The average Bonchev–Trinajstić information content (AvgIpc) is 2.47. The van der Waals surface area contributed by atoms with Gasteiger partial charge >= 0.3 is 5.63 Å². The molecule has 0 bridgehead atoms. The molecule has 3 rings (SSSR count). The van der Waals surface area contributed by atoms with E-state index in [-0.39, 0.29) is 5.75 Å². The number of aromatic hydroxyl groups is 1. The zero-order valence-corrected chi connectivity index (χ0v) is 11.7. The van der Waals surface area contributed by atoms with Gasteiger partial charge in [-0.1, -0.05) is 29.8 Å². The number of methoxy groups -OCH3 is 1. The molecule has 4 nitrogen and oxygen atoms in total. The fourth-order valence-corrected chi connectivity index (χ4v) is 2.23. The van der Waals surface area contributed by atoms with Gasteiger partial charge in [-0.25, -0.2) is 4.79 Å². The maximum atomic E-state index is 12.1. The summed E-state index contributed by atoms with van der Waals surface area (Å²) in [7, 11) is 1.47. The lowest BCUT2D eigenvalue weighted by Gasteiger charge is -2.06. The molecular weight excluding hydrogens is 268 g/mol. The number of ether oxygens (including phenoxy) is 1. The monoisotopic (exact) mass is 282 g/mol. The van der Waals surface area contributed by atoms with Gasteiger partial charge in [0.2, 0.25) is 0 Å². The van der Waals surface area contributed by atoms with E-state index < -0.39 is 5.63 Å². The first-order valence-corrected chi connectivity index (χ1v) is 6.50. The lowest BCUT2D eigenvalue weighted by Crippen LogP contribution is -2.02. The Hall–Kier alpha value is -2.75. The van der Waals surface area contributed by atoms with Gasteiger partial charge in [0, 0.05) is 11.5 Å². The standard InChI is InChI=1S/C17H14O4/c1-10-3-5-11(6-4-10)13-7-12-8-16(20-2)14(18)9-15(12)21-17(13)19/h3-9,18H,1-2H3. The van der Waals surface area contributed by atoms with Crippen LogP contribution in [0, 0.1) is 6.92 Å². The first-order chi connectivity index (χ1) is 10.1. The third-order valence-corrected chi connectivity index (χ3v) is 3.40. The first-order valence-electron chi connectivity index (χ1n) is 6.50. The van der Waals surface area contributed by atoms with Crippen LogP contribution in [0.3, 0.4) is 0 Å². The van der Waals surface area contributed by atoms with E-state index in [9.17, 15) is 9.90 Å². The molecule has 1 aromatic heterocycles. The number of hydrogen-bond acceptors (Lipinski definition) is 4. The number of phenolic OH excluding ortho intramolecular Hbond substituents is 1. The molecule has 0 aliphatic carbocycles. The highest BCUT2D eigenvalue weighted by Crippen LogP contribution is 2.32. The highest BCUT2D eigenvalue weighted by Gasteiger charge is 2.11. The van der Waals surface area contributed by atoms with Gasteiger partial charge in [0.05, 0.1) is 12.7 Å². The Balaban J connectivity index is 2.24. The molecule has 0 saturated carbocycles. The van der Waals surface area contributed by atoms with Crippen LogP contribution in [-0.2, 0) is 0 Å². The summed E-state index contributed by atoms with van der Waals surface area (Å²) >= 11 is 0. The van der Waals surface area contributed by atoms with Crippen molar-refractivity contribution in [2.24, 2.45) is 0 Å². The van der Waals surface area contributed by atoms with Crippen LogP contribution in [0.15, 0.2) is 51.7 Å². The molecule has 2 aromatic carbocycles. The number of fused-ring (bicyclic) bond motifs is 1. The van der Waals surface area contributed by atoms with Crippen LogP contribution in [0.1, 0.15) is 5.56 Å². The molecule has 0 fully saturated rings. The third-order valence-electron chi connectivity index (χ3n) is 3.40. The smallest absolute Gasteiger partial charge is 0.344 e. The SMILES string of the molecule is COc1cc2cc(-c3ccc(C)cc3)c(=O)oc2cc1O. The average molecular weight is 282 g/mol. The van der Waals surface area contributed by atoms with Crippen molar-refractivity contribution in [1.29, 1.82) is 0 Å². The minimum Gasteiger partial charge on any atom is -0.504 e. The summed E-state index contributed by atoms with van der Waals surface area (Å²) in [5.41, 5.74) is 2.29. The van der Waals surface area contributed by atoms with E-state index in [4.69, 9.17) is 9.15 Å². The van der Waals surface area contributed by atoms with E-state index in [1.807, 2.05) is 31.2 Å². The number of hydrogen-bond donors (Lipinski definition) is 1. The Morgan fingerprint density at radius 1 is 1.10 bits per heavy atom. The molecule has 0 amide bonds. The van der Waals surface area contributed by atoms with Crippen LogP contribution in [-0.4, -0.2) is 12.2 Å². The van der Waals surface area contributed by atoms with Gasteiger partial charge in [-0.3, -0.25) is 0 Å². The number of aryl methyl sites for hydroxylation is 1. The van der Waals surface area contributed by atoms with Gasteiger partial charge in [-0.2, -0.15) is 0 Å². The minimum absolute atomic E-state index is 0.0590. The number of phenols is 1. The summed E-state index contributed by atoms with van der Waals surface area (Å²) in [5.74, 6) is 0.280. The minimum atomic E-state index is -0.434. The highest BCUT2D eigenvalue weighted by atomic mass is 16.5. The summed E-state index contributed by atoms with van der Waals surface area (Å²) < 4.78 is 10.4. The van der Waals surface area contributed by atoms with Gasteiger partial charge < -0.3 is 14.3 Å². The fourth-order valence-electron chi connectivity index (χ4n) is 2.23. The van der Waals surface area contributed by atoms with Crippen molar-refractivity contribution in [3.05, 3.63) is 58.4 Å². The second-order valence-corrected chi connectivity index (χ2v) is 4.88. The maximum absolute atomic E-state index is 12.1. The normalized spacial score (nSPS) is 10.8. The van der Waals surface area contributed by atoms with Gasteiger partial charge in [-0.15, -0.1) is 0 Å². The maximum Gasteiger partial charge on any atom is 0.344 e. The zero-order chi connectivity index (χ0) is 15.0. The fraction of sp³-hybridized carbons (Fsp3) is 0.118. The number of benzene rings is 2. The molecule has 0 atom stereocenters. The van der Waals surface area contributed by atoms with Crippen LogP contribution in [0.2, 0.25) is 0 Å². The summed E-state index contributed by atoms with van der Waals surface area (Å²) in [4.78, 5) is 12.1. The van der Waals surface area contributed by atoms with E-state index in [0.29, 0.717) is 22.3 Å². The Morgan fingerprint density at radius 3 is 2.48 bits per heavy atom. The predicted octanol–water partition coefficient (Wildman–Crippen LogP) is 3.48. The van der Waals surface area contributed by atoms with Gasteiger partial charge in [0.1, 0.15) is 5.58 Å². The molecule has 1 heterocycles. The van der Waals surface area contributed by atoms with Crippen molar-refractivity contribution in [1.82, 2.24) is 0 Å². The van der Waals surface area contributed by atoms with Crippen molar-refractivity contribution in [3.8, 4) is 22.6 Å². The van der Waals surface area contributed by atoms with E-state index in [0.717, 1.165) is 11.1 Å². The molecule has 0 unspecified atom stereocenters. The molecule has 0 saturated heterocycles. The van der Waals surface area contributed by atoms with E-state index in [1.165, 1.54) is 13.2 Å². The van der Waals surface area contributed by atoms with Crippen molar-refractivity contribution in [2.45, 2.75) is 6.92 Å². The molecule has 0 radical (unpaired) electrons. The number of rotatable bonds is 2. The topological polar surface area (TPSA) is 59.7 Å². The lowest BCUT2D eigenvalue weighted by atomic mass is 10.0. The molecule has 106 valence electrons. The van der Waals surface area contributed by atoms with Crippen molar-refractivity contribution in [3.63, 3.8) is 0 Å². The second kappa shape index (κ2) is 4.98. The lowest BCUT2D eigenvalue weighted by molar-refractivity contribution is 0.373. The van der Waals surface area contributed by atoms with Crippen molar-refractivity contribution < 1.29 is 14.3 Å². The van der Waals surface area contributed by atoms with Crippen LogP contribution >= 0.6 is 0 Å². The van der Waals surface area contributed by atoms with Gasteiger partial charge in [-0.05, 0) is 24.6 Å². The van der Waals surface area contributed by atoms with E-state index in [2.05, 4.69) is 0 Å². The summed E-state index contributed by atoms with van der Waals surface area (Å²) in [6.07, 6.45) is 0. The Morgan fingerprint density at radius 2 is 1.81 bits per heavy atom. The second-order valence-electron chi connectivity index (χ2n) is 4.88. The molecule has 0 aliphatic rings.